The lowest BCUT2D eigenvalue weighted by Crippen LogP contribution is -2.53. The molecular formula is C22H34N2O5. The lowest BCUT2D eigenvalue weighted by atomic mass is 9.70. The van der Waals surface area contributed by atoms with Crippen LogP contribution in [0, 0.1) is 23.7 Å². The first-order valence-corrected chi connectivity index (χ1v) is 11.0. The molecule has 6 atom stereocenters. The van der Waals surface area contributed by atoms with Gasteiger partial charge in [-0.2, -0.15) is 0 Å². The highest BCUT2D eigenvalue weighted by molar-refractivity contribution is 5.96. The number of carbonyl (C=O) groups excluding carboxylic acids is 3. The summed E-state index contributed by atoms with van der Waals surface area (Å²) in [6, 6.07) is -1.08. The molecule has 0 aromatic carbocycles. The molecule has 0 radical (unpaired) electrons. The summed E-state index contributed by atoms with van der Waals surface area (Å²) >= 11 is 0. The predicted octanol–water partition coefficient (Wildman–Crippen LogP) is 1.64. The van der Waals surface area contributed by atoms with Gasteiger partial charge in [0.2, 0.25) is 11.8 Å². The largest absolute Gasteiger partial charge is 0.466 e. The third-order valence-corrected chi connectivity index (χ3v) is 6.73. The second kappa shape index (κ2) is 9.28. The number of fused-ring (bicyclic) bond motifs is 1. The van der Waals surface area contributed by atoms with Crippen LogP contribution in [0.1, 0.15) is 52.9 Å². The average Bonchev–Trinajstić information content (AvgIpc) is 3.01. The number of amides is 2. The zero-order chi connectivity index (χ0) is 21.1. The Labute approximate surface area is 172 Å². The molecule has 7 heteroatoms. The van der Waals surface area contributed by atoms with Crippen LogP contribution in [0.15, 0.2) is 12.2 Å². The minimum absolute atomic E-state index is 0.129. The molecular weight excluding hydrogens is 372 g/mol. The van der Waals surface area contributed by atoms with Crippen molar-refractivity contribution in [1.82, 2.24) is 10.2 Å². The number of nitrogens with one attached hydrogen (secondary N) is 1. The van der Waals surface area contributed by atoms with Gasteiger partial charge in [-0.1, -0.05) is 38.3 Å². The van der Waals surface area contributed by atoms with Crippen molar-refractivity contribution in [1.29, 1.82) is 0 Å². The third-order valence-electron chi connectivity index (χ3n) is 6.73. The smallest absolute Gasteiger partial charge is 0.310 e. The van der Waals surface area contributed by atoms with Crippen LogP contribution in [0.5, 0.6) is 0 Å². The van der Waals surface area contributed by atoms with Gasteiger partial charge in [-0.15, -0.1) is 0 Å². The Balaban J connectivity index is 1.91. The first-order valence-electron chi connectivity index (χ1n) is 11.0. The maximum absolute atomic E-state index is 13.4. The van der Waals surface area contributed by atoms with E-state index in [1.165, 1.54) is 11.3 Å². The van der Waals surface area contributed by atoms with Gasteiger partial charge < -0.3 is 20.1 Å². The number of carbonyl (C=O) groups is 3. The van der Waals surface area contributed by atoms with E-state index in [1.807, 2.05) is 19.1 Å². The Hall–Kier alpha value is -1.89. The van der Waals surface area contributed by atoms with E-state index in [9.17, 15) is 19.5 Å². The lowest BCUT2D eigenvalue weighted by molar-refractivity contribution is -0.155. The fourth-order valence-corrected chi connectivity index (χ4v) is 5.24. The highest BCUT2D eigenvalue weighted by Crippen LogP contribution is 2.45. The van der Waals surface area contributed by atoms with Crippen LogP contribution in [-0.2, 0) is 19.1 Å². The Kier molecular flexibility index (Phi) is 6.98. The Morgan fingerprint density at radius 2 is 1.97 bits per heavy atom. The number of aliphatic hydroxyl groups is 1. The molecule has 1 saturated heterocycles. The van der Waals surface area contributed by atoms with Gasteiger partial charge in [-0.3, -0.25) is 14.4 Å². The van der Waals surface area contributed by atoms with Crippen molar-refractivity contribution in [2.75, 3.05) is 13.2 Å². The molecule has 1 aliphatic heterocycles. The molecule has 2 fully saturated rings. The molecule has 3 rings (SSSR count). The summed E-state index contributed by atoms with van der Waals surface area (Å²) in [5.41, 5.74) is 0. The fraction of sp³-hybridized carbons (Fsp3) is 0.773. The van der Waals surface area contributed by atoms with Gasteiger partial charge in [0.05, 0.1) is 31.1 Å². The number of allylic oxidation sites excluding steroid dienone is 1. The standard InChI is InChI=1S/C22H34N2O5/c1-4-29-22(28)17-13(2)10-11-16-18(17)21(27)24(14(3)12-25)19(16)20(26)23-15-8-6-5-7-9-15/h10-11,13-19,25H,4-9,12H2,1-3H3,(H,23,26)/t13-,14-,16+,17-,18-,19+/m1/s1. The second-order valence-corrected chi connectivity index (χ2v) is 8.69. The maximum Gasteiger partial charge on any atom is 0.310 e. The summed E-state index contributed by atoms with van der Waals surface area (Å²) in [4.78, 5) is 40.9. The van der Waals surface area contributed by atoms with Gasteiger partial charge in [0.25, 0.3) is 0 Å². The van der Waals surface area contributed by atoms with Gasteiger partial charge in [0.1, 0.15) is 6.04 Å². The second-order valence-electron chi connectivity index (χ2n) is 8.69. The summed E-state index contributed by atoms with van der Waals surface area (Å²) in [6.45, 7) is 5.40. The summed E-state index contributed by atoms with van der Waals surface area (Å²) in [7, 11) is 0. The first kappa shape index (κ1) is 21.8. The van der Waals surface area contributed by atoms with Crippen LogP contribution in [0.2, 0.25) is 0 Å². The van der Waals surface area contributed by atoms with Crippen LogP contribution in [0.3, 0.4) is 0 Å². The molecule has 3 aliphatic rings. The molecule has 0 bridgehead atoms. The molecule has 2 amide bonds. The first-order chi connectivity index (χ1) is 13.9. The molecule has 162 valence electrons. The van der Waals surface area contributed by atoms with Gasteiger partial charge in [0, 0.05) is 12.0 Å². The van der Waals surface area contributed by atoms with Gasteiger partial charge in [-0.05, 0) is 32.6 Å². The molecule has 29 heavy (non-hydrogen) atoms. The number of rotatable bonds is 6. The van der Waals surface area contributed by atoms with Crippen molar-refractivity contribution in [3.05, 3.63) is 12.2 Å². The van der Waals surface area contributed by atoms with E-state index >= 15 is 0 Å². The number of esters is 1. The molecule has 7 nitrogen and oxygen atoms in total. The van der Waals surface area contributed by atoms with E-state index in [0.717, 1.165) is 25.7 Å². The summed E-state index contributed by atoms with van der Waals surface area (Å²) in [5, 5.41) is 12.9. The third kappa shape index (κ3) is 4.20. The molecule has 0 unspecified atom stereocenters. The number of aliphatic hydroxyl groups excluding tert-OH is 1. The average molecular weight is 407 g/mol. The monoisotopic (exact) mass is 406 g/mol. The van der Waals surface area contributed by atoms with Crippen LogP contribution < -0.4 is 5.32 Å². The summed E-state index contributed by atoms with van der Waals surface area (Å²) in [5.74, 6) is -2.60. The molecule has 2 aliphatic carbocycles. The van der Waals surface area contributed by atoms with Crippen molar-refractivity contribution in [2.24, 2.45) is 23.7 Å². The molecule has 0 aromatic rings. The minimum Gasteiger partial charge on any atom is -0.466 e. The number of hydrogen-bond acceptors (Lipinski definition) is 5. The van der Waals surface area contributed by atoms with Crippen LogP contribution >= 0.6 is 0 Å². The fourth-order valence-electron chi connectivity index (χ4n) is 5.24. The summed E-state index contributed by atoms with van der Waals surface area (Å²) < 4.78 is 5.25. The van der Waals surface area contributed by atoms with Crippen molar-refractivity contribution in [3.8, 4) is 0 Å². The van der Waals surface area contributed by atoms with E-state index in [2.05, 4.69) is 5.32 Å². The van der Waals surface area contributed by atoms with Crippen LogP contribution in [0.25, 0.3) is 0 Å². The topological polar surface area (TPSA) is 95.9 Å². The Bertz CT molecular complexity index is 658. The number of hydrogen-bond donors (Lipinski definition) is 2. The molecule has 1 heterocycles. The predicted molar refractivity (Wildman–Crippen MR) is 108 cm³/mol. The Morgan fingerprint density at radius 3 is 2.59 bits per heavy atom. The normalized spacial score (nSPS) is 33.3. The van der Waals surface area contributed by atoms with E-state index in [0.29, 0.717) is 0 Å². The zero-order valence-corrected chi connectivity index (χ0v) is 17.7. The SMILES string of the molecule is CCOC(=O)[C@H]1[C@@H]2C(=O)N([C@H](C)CO)[C@H](C(=O)NC3CCCCC3)[C@H]2C=C[C@H]1C. The highest BCUT2D eigenvalue weighted by atomic mass is 16.5. The number of likely N-dealkylation sites (tertiary alicyclic amines) is 1. The highest BCUT2D eigenvalue weighted by Gasteiger charge is 2.58. The maximum atomic E-state index is 13.4. The Morgan fingerprint density at radius 1 is 1.28 bits per heavy atom. The van der Waals surface area contributed by atoms with Crippen LogP contribution in [-0.4, -0.2) is 59.1 Å². The molecule has 0 aromatic heterocycles. The van der Waals surface area contributed by atoms with Gasteiger partial charge in [-0.25, -0.2) is 0 Å². The minimum atomic E-state index is -0.711. The van der Waals surface area contributed by atoms with Gasteiger partial charge >= 0.3 is 5.97 Å². The molecule has 1 saturated carbocycles. The van der Waals surface area contributed by atoms with Gasteiger partial charge in [0.15, 0.2) is 0 Å². The van der Waals surface area contributed by atoms with Crippen molar-refractivity contribution in [3.63, 3.8) is 0 Å². The van der Waals surface area contributed by atoms with E-state index in [1.54, 1.807) is 13.8 Å². The van der Waals surface area contributed by atoms with Crippen molar-refractivity contribution < 1.29 is 24.2 Å². The number of ether oxygens (including phenoxy) is 1. The summed E-state index contributed by atoms with van der Waals surface area (Å²) in [6.07, 6.45) is 9.12. The molecule has 0 spiro atoms. The van der Waals surface area contributed by atoms with E-state index < -0.39 is 35.8 Å². The van der Waals surface area contributed by atoms with Crippen molar-refractivity contribution >= 4 is 17.8 Å². The number of nitrogens with zero attached hydrogens (tertiary/aromatic N) is 1. The van der Waals surface area contributed by atoms with E-state index in [-0.39, 0.29) is 37.0 Å². The van der Waals surface area contributed by atoms with Crippen LogP contribution in [0.4, 0.5) is 0 Å². The molecule has 2 N–H and O–H groups in total. The zero-order valence-electron chi connectivity index (χ0n) is 17.7. The van der Waals surface area contributed by atoms with E-state index in [4.69, 9.17) is 4.74 Å². The van der Waals surface area contributed by atoms with Crippen molar-refractivity contribution in [2.45, 2.75) is 71.0 Å². The quantitative estimate of drug-likeness (QED) is 0.516. The lowest BCUT2D eigenvalue weighted by Gasteiger charge is -2.34.